The van der Waals surface area contributed by atoms with Crippen LogP contribution in [0.15, 0.2) is 24.3 Å². The van der Waals surface area contributed by atoms with E-state index in [1.165, 1.54) is 4.90 Å². The highest BCUT2D eigenvalue weighted by Gasteiger charge is 2.27. The zero-order valence-corrected chi connectivity index (χ0v) is 10.3. The third kappa shape index (κ3) is 2.61. The molecule has 1 saturated heterocycles. The Morgan fingerprint density at radius 1 is 1.29 bits per heavy atom. The van der Waals surface area contributed by atoms with Crippen LogP contribution in [0.4, 0.5) is 5.69 Å². The lowest BCUT2D eigenvalue weighted by Gasteiger charge is -2.25. The Hall–Kier alpha value is -1.49. The van der Waals surface area contributed by atoms with Crippen molar-refractivity contribution >= 4 is 28.5 Å². The van der Waals surface area contributed by atoms with Gasteiger partial charge < -0.3 is 9.64 Å². The summed E-state index contributed by atoms with van der Waals surface area (Å²) in [6.45, 7) is 3.10. The van der Waals surface area contributed by atoms with Gasteiger partial charge in [-0.2, -0.15) is 0 Å². The van der Waals surface area contributed by atoms with E-state index in [9.17, 15) is 9.59 Å². The van der Waals surface area contributed by atoms with Crippen molar-refractivity contribution in [2.45, 2.75) is 6.92 Å². The molecule has 1 heterocycles. The van der Waals surface area contributed by atoms with E-state index in [-0.39, 0.29) is 5.12 Å². The molecule has 0 spiro atoms. The maximum atomic E-state index is 11.7. The molecule has 1 aromatic carbocycles. The van der Waals surface area contributed by atoms with Crippen molar-refractivity contribution in [3.63, 3.8) is 0 Å². The number of rotatable bonds is 3. The number of benzene rings is 1. The molecule has 90 valence electrons. The summed E-state index contributed by atoms with van der Waals surface area (Å²) in [6, 6.07) is 7.20. The van der Waals surface area contributed by atoms with Gasteiger partial charge in [0.15, 0.2) is 0 Å². The van der Waals surface area contributed by atoms with Crippen LogP contribution < -0.4 is 9.64 Å². The number of carbonyl (C=O) groups is 2. The summed E-state index contributed by atoms with van der Waals surface area (Å²) in [4.78, 5) is 24.5. The summed E-state index contributed by atoms with van der Waals surface area (Å²) in [5.74, 6) is 0.976. The van der Waals surface area contributed by atoms with Gasteiger partial charge >= 0.3 is 5.91 Å². The molecular weight excluding hydrogens is 238 g/mol. The van der Waals surface area contributed by atoms with Crippen LogP contribution in [0.25, 0.3) is 0 Å². The Morgan fingerprint density at radius 3 is 2.65 bits per heavy atom. The molecule has 1 fully saturated rings. The maximum absolute atomic E-state index is 11.7. The number of hydrogen-bond acceptors (Lipinski definition) is 4. The minimum absolute atomic E-state index is 0.384. The van der Waals surface area contributed by atoms with Gasteiger partial charge in [-0.15, -0.1) is 0 Å². The first kappa shape index (κ1) is 12.0. The first-order valence-electron chi connectivity index (χ1n) is 5.44. The van der Waals surface area contributed by atoms with Crippen molar-refractivity contribution in [1.82, 2.24) is 0 Å². The van der Waals surface area contributed by atoms with Crippen LogP contribution >= 0.6 is 11.8 Å². The van der Waals surface area contributed by atoms with Gasteiger partial charge in [-0.3, -0.25) is 9.59 Å². The fourth-order valence-corrected chi connectivity index (χ4v) is 2.33. The van der Waals surface area contributed by atoms with Crippen LogP contribution in [0.1, 0.15) is 6.92 Å². The quantitative estimate of drug-likeness (QED) is 0.767. The molecule has 4 nitrogen and oxygen atoms in total. The molecule has 0 aromatic heterocycles. The van der Waals surface area contributed by atoms with E-state index in [4.69, 9.17) is 4.74 Å². The zero-order chi connectivity index (χ0) is 12.3. The topological polar surface area (TPSA) is 46.6 Å². The molecular formula is C12H13NO3S. The molecule has 0 bridgehead atoms. The van der Waals surface area contributed by atoms with E-state index in [0.29, 0.717) is 18.9 Å². The number of ether oxygens (including phenoxy) is 1. The fourth-order valence-electron chi connectivity index (χ4n) is 1.64. The van der Waals surface area contributed by atoms with Crippen LogP contribution in [0.3, 0.4) is 0 Å². The molecule has 1 aromatic rings. The third-order valence-electron chi connectivity index (χ3n) is 2.43. The van der Waals surface area contributed by atoms with Gasteiger partial charge in [-0.05, 0) is 31.2 Å². The standard InChI is InChI=1S/C12H13NO3S/c1-2-16-10-5-3-9(4-6-10)13-7-8-17-12(15)11(13)14/h3-6H,2,7-8H2,1H3. The van der Waals surface area contributed by atoms with Crippen molar-refractivity contribution in [2.75, 3.05) is 23.8 Å². The lowest BCUT2D eigenvalue weighted by atomic mass is 10.2. The molecule has 2 rings (SSSR count). The van der Waals surface area contributed by atoms with Gasteiger partial charge in [0.05, 0.1) is 6.61 Å². The van der Waals surface area contributed by atoms with E-state index in [1.54, 1.807) is 24.3 Å². The summed E-state index contributed by atoms with van der Waals surface area (Å²) in [7, 11) is 0. The lowest BCUT2D eigenvalue weighted by Crippen LogP contribution is -2.41. The maximum Gasteiger partial charge on any atom is 0.305 e. The minimum Gasteiger partial charge on any atom is -0.494 e. The second kappa shape index (κ2) is 5.23. The van der Waals surface area contributed by atoms with Crippen molar-refractivity contribution < 1.29 is 14.3 Å². The van der Waals surface area contributed by atoms with Gasteiger partial charge in [0, 0.05) is 18.0 Å². The molecule has 0 aliphatic carbocycles. The van der Waals surface area contributed by atoms with Gasteiger partial charge in [-0.25, -0.2) is 0 Å². The highest BCUT2D eigenvalue weighted by molar-refractivity contribution is 8.15. The van der Waals surface area contributed by atoms with Crippen molar-refractivity contribution in [2.24, 2.45) is 0 Å². The Morgan fingerprint density at radius 2 is 2.00 bits per heavy atom. The molecule has 0 N–H and O–H groups in total. The van der Waals surface area contributed by atoms with Crippen molar-refractivity contribution in [3.8, 4) is 5.75 Å². The first-order chi connectivity index (χ1) is 8.22. The molecule has 5 heteroatoms. The summed E-state index contributed by atoms with van der Waals surface area (Å²) in [5, 5.41) is -0.384. The predicted octanol–water partition coefficient (Wildman–Crippen LogP) is 1.69. The highest BCUT2D eigenvalue weighted by atomic mass is 32.2. The minimum atomic E-state index is -0.439. The summed E-state index contributed by atoms with van der Waals surface area (Å²) >= 11 is 1.08. The fraction of sp³-hybridized carbons (Fsp3) is 0.333. The van der Waals surface area contributed by atoms with Crippen LogP contribution in [0, 0.1) is 0 Å². The second-order valence-electron chi connectivity index (χ2n) is 3.52. The number of nitrogens with zero attached hydrogens (tertiary/aromatic N) is 1. The van der Waals surface area contributed by atoms with Gasteiger partial charge in [0.1, 0.15) is 5.75 Å². The van der Waals surface area contributed by atoms with E-state index in [1.807, 2.05) is 6.92 Å². The van der Waals surface area contributed by atoms with Gasteiger partial charge in [0.25, 0.3) is 5.12 Å². The average Bonchev–Trinajstić information content (AvgIpc) is 2.34. The zero-order valence-electron chi connectivity index (χ0n) is 9.51. The molecule has 0 atom stereocenters. The monoisotopic (exact) mass is 251 g/mol. The number of anilines is 1. The van der Waals surface area contributed by atoms with Gasteiger partial charge in [-0.1, -0.05) is 11.8 Å². The van der Waals surface area contributed by atoms with E-state index in [2.05, 4.69) is 0 Å². The average molecular weight is 251 g/mol. The van der Waals surface area contributed by atoms with E-state index in [0.717, 1.165) is 23.2 Å². The molecule has 1 aliphatic heterocycles. The Labute approximate surface area is 104 Å². The number of hydrogen-bond donors (Lipinski definition) is 0. The van der Waals surface area contributed by atoms with E-state index >= 15 is 0 Å². The lowest BCUT2D eigenvalue weighted by molar-refractivity contribution is -0.131. The van der Waals surface area contributed by atoms with Crippen LogP contribution in [0.5, 0.6) is 5.75 Å². The molecule has 1 aliphatic rings. The van der Waals surface area contributed by atoms with Crippen LogP contribution in [0.2, 0.25) is 0 Å². The largest absolute Gasteiger partial charge is 0.494 e. The second-order valence-corrected chi connectivity index (χ2v) is 4.59. The van der Waals surface area contributed by atoms with Crippen LogP contribution in [-0.4, -0.2) is 29.9 Å². The number of carbonyl (C=O) groups excluding carboxylic acids is 2. The third-order valence-corrected chi connectivity index (χ3v) is 3.25. The molecule has 0 radical (unpaired) electrons. The summed E-state index contributed by atoms with van der Waals surface area (Å²) in [5.41, 5.74) is 0.743. The SMILES string of the molecule is CCOc1ccc(N2CCSC(=O)C2=O)cc1. The molecule has 0 unspecified atom stereocenters. The normalized spacial score (nSPS) is 16.2. The number of amides is 1. The Balaban J connectivity index is 2.16. The summed E-state index contributed by atoms with van der Waals surface area (Å²) in [6.07, 6.45) is 0. The molecule has 1 amide bonds. The van der Waals surface area contributed by atoms with Crippen molar-refractivity contribution in [1.29, 1.82) is 0 Å². The number of thioether (sulfide) groups is 1. The summed E-state index contributed by atoms with van der Waals surface area (Å²) < 4.78 is 5.32. The Bertz CT molecular complexity index is 430. The molecule has 17 heavy (non-hydrogen) atoms. The van der Waals surface area contributed by atoms with E-state index < -0.39 is 5.91 Å². The smallest absolute Gasteiger partial charge is 0.305 e. The van der Waals surface area contributed by atoms with Gasteiger partial charge in [0.2, 0.25) is 0 Å². The van der Waals surface area contributed by atoms with Crippen molar-refractivity contribution in [3.05, 3.63) is 24.3 Å². The highest BCUT2D eigenvalue weighted by Crippen LogP contribution is 2.23. The first-order valence-corrected chi connectivity index (χ1v) is 6.42. The van der Waals surface area contributed by atoms with Crippen LogP contribution in [-0.2, 0) is 9.59 Å². The molecule has 0 saturated carbocycles. The Kier molecular flexibility index (Phi) is 3.68. The predicted molar refractivity (Wildman–Crippen MR) is 67.4 cm³/mol.